The molecule has 0 aliphatic rings. The van der Waals surface area contributed by atoms with Crippen molar-refractivity contribution in [1.82, 2.24) is 4.98 Å². The summed E-state index contributed by atoms with van der Waals surface area (Å²) in [7, 11) is 0. The van der Waals surface area contributed by atoms with Crippen molar-refractivity contribution in [2.45, 2.75) is 0 Å². The van der Waals surface area contributed by atoms with Crippen LogP contribution in [0.4, 0.5) is 11.4 Å². The highest BCUT2D eigenvalue weighted by molar-refractivity contribution is 6.37. The van der Waals surface area contributed by atoms with Crippen LogP contribution in [0, 0.1) is 11.3 Å². The summed E-state index contributed by atoms with van der Waals surface area (Å²) in [6.07, 6.45) is 1.96. The van der Waals surface area contributed by atoms with Crippen LogP contribution < -0.4 is 10.6 Å². The van der Waals surface area contributed by atoms with Crippen molar-refractivity contribution in [2.75, 3.05) is 10.6 Å². The molecule has 0 aliphatic heterocycles. The first kappa shape index (κ1) is 14.6. The van der Waals surface area contributed by atoms with E-state index in [0.29, 0.717) is 0 Å². The maximum absolute atomic E-state index is 11.0. The van der Waals surface area contributed by atoms with E-state index < -0.39 is 23.8 Å². The summed E-state index contributed by atoms with van der Waals surface area (Å²) in [6, 6.07) is 1.60. The van der Waals surface area contributed by atoms with Crippen LogP contribution in [0.2, 0.25) is 0 Å². The number of hydrogen-bond donors (Lipinski definition) is 4. The maximum Gasteiger partial charge on any atom is 0.394 e. The standard InChI is InChI=1S/C10H6N4O6/c11-1-4-5(13-7(15)9(17)18)2-12-3-6(4)14-8(16)10(19)20/h2-3H,(H,13,15)(H,14,16)(H,17,18)(H,19,20). The second-order valence-corrected chi connectivity index (χ2v) is 3.24. The minimum atomic E-state index is -1.78. The lowest BCUT2D eigenvalue weighted by Gasteiger charge is -2.08. The molecule has 10 nitrogen and oxygen atoms in total. The zero-order valence-electron chi connectivity index (χ0n) is 9.58. The number of amides is 2. The average molecular weight is 278 g/mol. The number of anilines is 2. The second kappa shape index (κ2) is 5.91. The summed E-state index contributed by atoms with van der Waals surface area (Å²) in [5.41, 5.74) is -0.879. The van der Waals surface area contributed by atoms with Crippen LogP contribution in [0.5, 0.6) is 0 Å². The molecule has 0 unspecified atom stereocenters. The predicted octanol–water partition coefficient (Wildman–Crippen LogP) is -1.00. The molecule has 1 heterocycles. The Labute approximate surface area is 110 Å². The molecule has 0 spiro atoms. The molecule has 0 atom stereocenters. The van der Waals surface area contributed by atoms with Gasteiger partial charge in [-0.15, -0.1) is 0 Å². The highest BCUT2D eigenvalue weighted by atomic mass is 16.4. The highest BCUT2D eigenvalue weighted by Crippen LogP contribution is 2.21. The largest absolute Gasteiger partial charge is 0.474 e. The number of carbonyl (C=O) groups excluding carboxylic acids is 2. The van der Waals surface area contributed by atoms with Gasteiger partial charge < -0.3 is 20.8 Å². The van der Waals surface area contributed by atoms with Gasteiger partial charge in [0, 0.05) is 0 Å². The molecule has 0 aliphatic carbocycles. The number of pyridine rings is 1. The molecular formula is C10H6N4O6. The van der Waals surface area contributed by atoms with Crippen LogP contribution in [-0.4, -0.2) is 39.0 Å². The lowest BCUT2D eigenvalue weighted by Crippen LogP contribution is -2.24. The molecule has 0 saturated carbocycles. The lowest BCUT2D eigenvalue weighted by atomic mass is 10.2. The zero-order chi connectivity index (χ0) is 15.3. The van der Waals surface area contributed by atoms with E-state index in [0.717, 1.165) is 12.4 Å². The summed E-state index contributed by atoms with van der Waals surface area (Å²) in [5.74, 6) is -6.39. The number of hydrogen-bond acceptors (Lipinski definition) is 6. The minimum Gasteiger partial charge on any atom is -0.474 e. The van der Waals surface area contributed by atoms with E-state index in [2.05, 4.69) is 4.98 Å². The molecule has 4 N–H and O–H groups in total. The number of rotatable bonds is 2. The van der Waals surface area contributed by atoms with Crippen molar-refractivity contribution >= 4 is 35.1 Å². The van der Waals surface area contributed by atoms with E-state index in [1.54, 1.807) is 6.07 Å². The van der Waals surface area contributed by atoms with E-state index in [1.807, 2.05) is 10.6 Å². The highest BCUT2D eigenvalue weighted by Gasteiger charge is 2.19. The molecule has 102 valence electrons. The van der Waals surface area contributed by atoms with Gasteiger partial charge in [0.25, 0.3) is 0 Å². The van der Waals surface area contributed by atoms with Gasteiger partial charge in [-0.05, 0) is 0 Å². The number of carboxylic acid groups (broad SMARTS) is 2. The monoisotopic (exact) mass is 278 g/mol. The molecule has 1 aromatic rings. The number of aromatic nitrogens is 1. The third-order valence-electron chi connectivity index (χ3n) is 1.94. The van der Waals surface area contributed by atoms with Crippen molar-refractivity contribution in [3.63, 3.8) is 0 Å². The average Bonchev–Trinajstić information content (AvgIpc) is 2.38. The molecule has 0 saturated heterocycles. The molecule has 1 aromatic heterocycles. The molecule has 1 rings (SSSR count). The molecule has 0 fully saturated rings. The summed E-state index contributed by atoms with van der Waals surface area (Å²) >= 11 is 0. The van der Waals surface area contributed by atoms with Crippen molar-refractivity contribution in [2.24, 2.45) is 0 Å². The Hall–Kier alpha value is -3.48. The summed E-state index contributed by atoms with van der Waals surface area (Å²) in [6.45, 7) is 0. The number of aliphatic carboxylic acids is 2. The quantitative estimate of drug-likeness (QED) is 0.499. The van der Waals surface area contributed by atoms with Crippen molar-refractivity contribution < 1.29 is 29.4 Å². The smallest absolute Gasteiger partial charge is 0.394 e. The first-order valence-corrected chi connectivity index (χ1v) is 4.83. The Morgan fingerprint density at radius 2 is 1.40 bits per heavy atom. The third-order valence-corrected chi connectivity index (χ3v) is 1.94. The Morgan fingerprint density at radius 1 is 1.00 bits per heavy atom. The van der Waals surface area contributed by atoms with E-state index in [-0.39, 0.29) is 16.9 Å². The summed E-state index contributed by atoms with van der Waals surface area (Å²) < 4.78 is 0. The molecule has 10 heteroatoms. The topological polar surface area (TPSA) is 169 Å². The number of nitrogens with one attached hydrogen (secondary N) is 2. The fourth-order valence-corrected chi connectivity index (χ4v) is 1.12. The van der Waals surface area contributed by atoms with E-state index >= 15 is 0 Å². The maximum atomic E-state index is 11.0. The minimum absolute atomic E-state index is 0.275. The molecule has 0 aromatic carbocycles. The van der Waals surface area contributed by atoms with Crippen molar-refractivity contribution in [3.05, 3.63) is 18.0 Å². The van der Waals surface area contributed by atoms with E-state index in [4.69, 9.17) is 15.5 Å². The zero-order valence-corrected chi connectivity index (χ0v) is 9.58. The Balaban J connectivity index is 3.14. The normalized spacial score (nSPS) is 9.15. The summed E-state index contributed by atoms with van der Waals surface area (Å²) in [4.78, 5) is 46.3. The van der Waals surface area contributed by atoms with Gasteiger partial charge in [-0.1, -0.05) is 0 Å². The number of carbonyl (C=O) groups is 4. The van der Waals surface area contributed by atoms with Gasteiger partial charge >= 0.3 is 23.8 Å². The predicted molar refractivity (Wildman–Crippen MR) is 61.5 cm³/mol. The fourth-order valence-electron chi connectivity index (χ4n) is 1.12. The van der Waals surface area contributed by atoms with Gasteiger partial charge in [0.1, 0.15) is 11.6 Å². The molecule has 0 radical (unpaired) electrons. The van der Waals surface area contributed by atoms with E-state index in [1.165, 1.54) is 0 Å². The van der Waals surface area contributed by atoms with Gasteiger partial charge in [0.2, 0.25) is 0 Å². The molecular weight excluding hydrogens is 272 g/mol. The van der Waals surface area contributed by atoms with Crippen molar-refractivity contribution in [3.8, 4) is 6.07 Å². The Morgan fingerprint density at radius 3 is 1.70 bits per heavy atom. The van der Waals surface area contributed by atoms with Crippen LogP contribution in [-0.2, 0) is 19.2 Å². The van der Waals surface area contributed by atoms with Gasteiger partial charge in [-0.25, -0.2) is 9.59 Å². The SMILES string of the molecule is N#Cc1c(NC(=O)C(=O)O)cncc1NC(=O)C(=O)O. The van der Waals surface area contributed by atoms with E-state index in [9.17, 15) is 19.2 Å². The summed E-state index contributed by atoms with van der Waals surface area (Å²) in [5, 5.41) is 29.6. The van der Waals surface area contributed by atoms with Crippen LogP contribution >= 0.6 is 0 Å². The van der Waals surface area contributed by atoms with Crippen LogP contribution in [0.3, 0.4) is 0 Å². The van der Waals surface area contributed by atoms with Gasteiger partial charge in [-0.3, -0.25) is 14.6 Å². The number of carboxylic acids is 2. The van der Waals surface area contributed by atoms with Crippen molar-refractivity contribution in [1.29, 1.82) is 5.26 Å². The van der Waals surface area contributed by atoms with Gasteiger partial charge in [-0.2, -0.15) is 5.26 Å². The lowest BCUT2D eigenvalue weighted by molar-refractivity contribution is -0.147. The molecule has 2 amide bonds. The van der Waals surface area contributed by atoms with Crippen LogP contribution in [0.1, 0.15) is 5.56 Å². The van der Waals surface area contributed by atoms with Gasteiger partial charge in [0.15, 0.2) is 0 Å². The second-order valence-electron chi connectivity index (χ2n) is 3.24. The number of nitrogens with zero attached hydrogens (tertiary/aromatic N) is 2. The molecule has 20 heavy (non-hydrogen) atoms. The van der Waals surface area contributed by atoms with Crippen LogP contribution in [0.15, 0.2) is 12.4 Å². The Kier molecular flexibility index (Phi) is 4.31. The third kappa shape index (κ3) is 3.26. The Bertz CT molecular complexity index is 601. The first-order valence-electron chi connectivity index (χ1n) is 4.83. The van der Waals surface area contributed by atoms with Gasteiger partial charge in [0.05, 0.1) is 23.8 Å². The molecule has 0 bridgehead atoms. The first-order chi connectivity index (χ1) is 9.36. The fraction of sp³-hybridized carbons (Fsp3) is 0. The van der Waals surface area contributed by atoms with Crippen LogP contribution in [0.25, 0.3) is 0 Å². The number of nitriles is 1.